The van der Waals surface area contributed by atoms with E-state index in [0.29, 0.717) is 6.54 Å². The number of benzene rings is 1. The molecule has 0 radical (unpaired) electrons. The number of rotatable bonds is 3. The normalized spacial score (nSPS) is 17.0. The van der Waals surface area contributed by atoms with Gasteiger partial charge in [-0.3, -0.25) is 4.90 Å². The van der Waals surface area contributed by atoms with Crippen molar-refractivity contribution in [3.63, 3.8) is 0 Å². The number of fused-ring (bicyclic) bond motifs is 1. The van der Waals surface area contributed by atoms with E-state index in [0.717, 1.165) is 6.54 Å². The lowest BCUT2D eigenvalue weighted by atomic mass is 10.1. The molecule has 3 rings (SSSR count). The molecule has 1 aliphatic rings. The lowest BCUT2D eigenvalue weighted by Gasteiger charge is -2.12. The van der Waals surface area contributed by atoms with Gasteiger partial charge >= 0.3 is 0 Å². The van der Waals surface area contributed by atoms with E-state index in [-0.39, 0.29) is 0 Å². The van der Waals surface area contributed by atoms with Crippen LogP contribution in [0.2, 0.25) is 0 Å². The maximum Gasteiger partial charge on any atom is 0.0456 e. The van der Waals surface area contributed by atoms with E-state index in [2.05, 4.69) is 34.1 Å². The number of nitrogens with one attached hydrogen (secondary N) is 1. The quantitative estimate of drug-likeness (QED) is 0.847. The molecule has 0 atom stereocenters. The largest absolute Gasteiger partial charge is 0.357 e. The van der Waals surface area contributed by atoms with Crippen molar-refractivity contribution in [2.45, 2.75) is 25.9 Å². The Bertz CT molecular complexity index is 509. The van der Waals surface area contributed by atoms with Gasteiger partial charge in [-0.1, -0.05) is 6.07 Å². The molecule has 90 valence electrons. The summed E-state index contributed by atoms with van der Waals surface area (Å²) in [6.07, 6.45) is 2.69. The highest BCUT2D eigenvalue weighted by atomic mass is 15.1. The second kappa shape index (κ2) is 4.51. The first-order chi connectivity index (χ1) is 8.35. The fourth-order valence-electron chi connectivity index (χ4n) is 2.64. The Kier molecular flexibility index (Phi) is 2.87. The minimum absolute atomic E-state index is 0.614. The molecule has 3 heteroatoms. The molecule has 3 N–H and O–H groups in total. The third-order valence-corrected chi connectivity index (χ3v) is 3.57. The molecule has 0 unspecified atom stereocenters. The summed E-state index contributed by atoms with van der Waals surface area (Å²) in [5.74, 6) is 0. The van der Waals surface area contributed by atoms with Crippen LogP contribution in [-0.2, 0) is 13.1 Å². The smallest absolute Gasteiger partial charge is 0.0456 e. The maximum atomic E-state index is 5.66. The van der Waals surface area contributed by atoms with Gasteiger partial charge in [0.05, 0.1) is 0 Å². The summed E-state index contributed by atoms with van der Waals surface area (Å²) in [6.45, 7) is 4.14. The first-order valence-corrected chi connectivity index (χ1v) is 6.38. The Hall–Kier alpha value is -1.32. The van der Waals surface area contributed by atoms with Crippen LogP contribution < -0.4 is 5.73 Å². The molecule has 17 heavy (non-hydrogen) atoms. The molecule has 1 aromatic heterocycles. The molecule has 3 nitrogen and oxygen atoms in total. The molecule has 1 fully saturated rings. The Balaban J connectivity index is 1.85. The number of nitrogens with two attached hydrogens (primary N) is 1. The lowest BCUT2D eigenvalue weighted by molar-refractivity contribution is 0.328. The van der Waals surface area contributed by atoms with Crippen LogP contribution in [0.1, 0.15) is 24.1 Å². The van der Waals surface area contributed by atoms with Gasteiger partial charge in [-0.15, -0.1) is 0 Å². The summed E-state index contributed by atoms with van der Waals surface area (Å²) in [5, 5.41) is 1.28. The number of H-pyrrole nitrogens is 1. The van der Waals surface area contributed by atoms with Crippen molar-refractivity contribution in [2.75, 3.05) is 13.1 Å². The summed E-state index contributed by atoms with van der Waals surface area (Å²) in [7, 11) is 0. The standard InChI is InChI=1S/C14H19N3/c15-9-11-3-4-14-12(7-11)8-13(16-14)10-17-5-1-2-6-17/h3-4,7-8,16H,1-2,5-6,9-10,15H2. The number of hydrogen-bond acceptors (Lipinski definition) is 2. The fourth-order valence-corrected chi connectivity index (χ4v) is 2.64. The van der Waals surface area contributed by atoms with E-state index in [1.54, 1.807) is 0 Å². The Morgan fingerprint density at radius 2 is 2.00 bits per heavy atom. The molecule has 2 heterocycles. The van der Waals surface area contributed by atoms with Gasteiger partial charge in [0.25, 0.3) is 0 Å². The zero-order valence-corrected chi connectivity index (χ0v) is 10.1. The second-order valence-electron chi connectivity index (χ2n) is 4.90. The minimum atomic E-state index is 0.614. The van der Waals surface area contributed by atoms with E-state index in [9.17, 15) is 0 Å². The van der Waals surface area contributed by atoms with E-state index in [1.807, 2.05) is 0 Å². The molecular formula is C14H19N3. The molecule has 0 aliphatic carbocycles. The summed E-state index contributed by atoms with van der Waals surface area (Å²) >= 11 is 0. The SMILES string of the molecule is NCc1ccc2[nH]c(CN3CCCC3)cc2c1. The zero-order valence-electron chi connectivity index (χ0n) is 10.1. The lowest BCUT2D eigenvalue weighted by Crippen LogP contribution is -2.18. The monoisotopic (exact) mass is 229 g/mol. The third kappa shape index (κ3) is 2.21. The highest BCUT2D eigenvalue weighted by molar-refractivity contribution is 5.81. The van der Waals surface area contributed by atoms with E-state index in [1.165, 1.54) is 48.1 Å². The summed E-state index contributed by atoms with van der Waals surface area (Å²) in [4.78, 5) is 6.00. The molecule has 0 spiro atoms. The van der Waals surface area contributed by atoms with Crippen LogP contribution in [0.15, 0.2) is 24.3 Å². The molecule has 0 saturated carbocycles. The number of nitrogens with zero attached hydrogens (tertiary/aromatic N) is 1. The number of aromatic amines is 1. The average Bonchev–Trinajstić information content (AvgIpc) is 2.96. The second-order valence-corrected chi connectivity index (χ2v) is 4.90. The molecule has 0 bridgehead atoms. The van der Waals surface area contributed by atoms with Crippen molar-refractivity contribution in [3.8, 4) is 0 Å². The molecule has 2 aromatic rings. The van der Waals surface area contributed by atoms with Gasteiger partial charge in [0.2, 0.25) is 0 Å². The predicted octanol–water partition coefficient (Wildman–Crippen LogP) is 2.22. The molecule has 1 aromatic carbocycles. The van der Waals surface area contributed by atoms with Crippen LogP contribution in [0.4, 0.5) is 0 Å². The maximum absolute atomic E-state index is 5.66. The molecule has 1 saturated heterocycles. The predicted molar refractivity (Wildman–Crippen MR) is 70.7 cm³/mol. The van der Waals surface area contributed by atoms with Gasteiger partial charge in [0.1, 0.15) is 0 Å². The van der Waals surface area contributed by atoms with E-state index in [4.69, 9.17) is 5.73 Å². The van der Waals surface area contributed by atoms with E-state index < -0.39 is 0 Å². The van der Waals surface area contributed by atoms with Crippen LogP contribution in [0.5, 0.6) is 0 Å². The van der Waals surface area contributed by atoms with Gasteiger partial charge in [-0.25, -0.2) is 0 Å². The zero-order chi connectivity index (χ0) is 11.7. The highest BCUT2D eigenvalue weighted by Gasteiger charge is 2.12. The van der Waals surface area contributed by atoms with Crippen molar-refractivity contribution >= 4 is 10.9 Å². The van der Waals surface area contributed by atoms with Crippen molar-refractivity contribution in [1.82, 2.24) is 9.88 Å². The molecular weight excluding hydrogens is 210 g/mol. The van der Waals surface area contributed by atoms with Gasteiger partial charge in [0, 0.05) is 29.7 Å². The Labute approximate surface area is 102 Å². The number of hydrogen-bond donors (Lipinski definition) is 2. The van der Waals surface area contributed by atoms with Gasteiger partial charge in [-0.05, 0) is 49.7 Å². The third-order valence-electron chi connectivity index (χ3n) is 3.57. The Morgan fingerprint density at radius 3 is 2.76 bits per heavy atom. The van der Waals surface area contributed by atoms with E-state index >= 15 is 0 Å². The summed E-state index contributed by atoms with van der Waals surface area (Å²) in [6, 6.07) is 8.66. The minimum Gasteiger partial charge on any atom is -0.357 e. The Morgan fingerprint density at radius 1 is 1.18 bits per heavy atom. The van der Waals surface area contributed by atoms with Crippen molar-refractivity contribution in [2.24, 2.45) is 5.73 Å². The van der Waals surface area contributed by atoms with Crippen molar-refractivity contribution in [1.29, 1.82) is 0 Å². The molecule has 0 amide bonds. The number of likely N-dealkylation sites (tertiary alicyclic amines) is 1. The first kappa shape index (κ1) is 10.8. The van der Waals surface area contributed by atoms with Crippen molar-refractivity contribution < 1.29 is 0 Å². The molecule has 1 aliphatic heterocycles. The fraction of sp³-hybridized carbons (Fsp3) is 0.429. The van der Waals surface area contributed by atoms with Crippen LogP contribution in [0.25, 0.3) is 10.9 Å². The van der Waals surface area contributed by atoms with Gasteiger partial charge in [-0.2, -0.15) is 0 Å². The van der Waals surface area contributed by atoms with Crippen LogP contribution in [0.3, 0.4) is 0 Å². The summed E-state index contributed by atoms with van der Waals surface area (Å²) < 4.78 is 0. The van der Waals surface area contributed by atoms with Crippen LogP contribution >= 0.6 is 0 Å². The van der Waals surface area contributed by atoms with Crippen LogP contribution in [0, 0.1) is 0 Å². The summed E-state index contributed by atoms with van der Waals surface area (Å²) in [5.41, 5.74) is 9.39. The number of aromatic nitrogens is 1. The van der Waals surface area contributed by atoms with Gasteiger partial charge in [0.15, 0.2) is 0 Å². The highest BCUT2D eigenvalue weighted by Crippen LogP contribution is 2.19. The van der Waals surface area contributed by atoms with Crippen molar-refractivity contribution in [3.05, 3.63) is 35.5 Å². The first-order valence-electron chi connectivity index (χ1n) is 6.38. The van der Waals surface area contributed by atoms with Gasteiger partial charge < -0.3 is 10.7 Å². The topological polar surface area (TPSA) is 45.1 Å². The average molecular weight is 229 g/mol. The van der Waals surface area contributed by atoms with Crippen LogP contribution in [-0.4, -0.2) is 23.0 Å².